The number of benzene rings is 2. The fraction of sp³-hybridized carbons (Fsp3) is 0. The summed E-state index contributed by atoms with van der Waals surface area (Å²) in [7, 11) is 0. The molecule has 3 nitrogen and oxygen atoms in total. The number of nitrogens with zero attached hydrogens (tertiary/aromatic N) is 1. The van der Waals surface area contributed by atoms with Gasteiger partial charge in [-0.1, -0.05) is 60.7 Å². The van der Waals surface area contributed by atoms with Crippen molar-refractivity contribution >= 4 is 46.0 Å². The van der Waals surface area contributed by atoms with E-state index in [2.05, 4.69) is 0 Å². The highest BCUT2D eigenvalue weighted by Crippen LogP contribution is 2.37. The lowest BCUT2D eigenvalue weighted by molar-refractivity contribution is 0.268. The molecule has 0 N–H and O–H groups in total. The first-order chi connectivity index (χ1) is 12.2. The lowest BCUT2D eigenvalue weighted by Crippen LogP contribution is -2.26. The predicted molar refractivity (Wildman–Crippen MR) is 107 cm³/mol. The summed E-state index contributed by atoms with van der Waals surface area (Å²) in [5, 5.41) is -0.0997. The number of hydrogen-bond donors (Lipinski definition) is 0. The number of carbonyl (C=O) groups is 1. The SMILES string of the molecule is O=C1SC(=Cc2ccc(-c3ccccc3)o2)C(=S)N1c1ccccc1. The molecule has 1 amide bonds. The minimum Gasteiger partial charge on any atom is -0.457 e. The highest BCUT2D eigenvalue weighted by atomic mass is 32.2. The minimum absolute atomic E-state index is 0.0997. The quantitative estimate of drug-likeness (QED) is 0.423. The Morgan fingerprint density at radius 2 is 1.60 bits per heavy atom. The molecule has 1 saturated heterocycles. The van der Waals surface area contributed by atoms with Gasteiger partial charge in [0.2, 0.25) is 0 Å². The first-order valence-corrected chi connectivity index (χ1v) is 8.93. The molecular weight excluding hydrogens is 350 g/mol. The van der Waals surface area contributed by atoms with Crippen LogP contribution in [0.1, 0.15) is 5.76 Å². The zero-order valence-corrected chi connectivity index (χ0v) is 14.7. The molecule has 0 aliphatic carbocycles. The molecule has 0 atom stereocenters. The van der Waals surface area contributed by atoms with Crippen LogP contribution < -0.4 is 4.90 Å². The number of carbonyl (C=O) groups excluding carboxylic acids is 1. The Kier molecular flexibility index (Phi) is 4.26. The predicted octanol–water partition coefficient (Wildman–Crippen LogP) is 5.99. The molecular formula is C20H13NO2S2. The van der Waals surface area contributed by atoms with Crippen LogP contribution in [0.5, 0.6) is 0 Å². The standard InChI is InChI=1S/C20H13NO2S2/c22-20-21(15-9-5-2-6-10-15)19(24)18(25-20)13-16-11-12-17(23-16)14-7-3-1-4-8-14/h1-13H. The van der Waals surface area contributed by atoms with E-state index in [1.807, 2.05) is 78.9 Å². The van der Waals surface area contributed by atoms with Gasteiger partial charge in [-0.15, -0.1) is 0 Å². The molecule has 4 rings (SSSR count). The molecule has 2 aromatic carbocycles. The number of rotatable bonds is 3. The van der Waals surface area contributed by atoms with E-state index < -0.39 is 0 Å². The third-order valence-electron chi connectivity index (χ3n) is 3.77. The summed E-state index contributed by atoms with van der Waals surface area (Å²) in [5.74, 6) is 1.46. The van der Waals surface area contributed by atoms with Gasteiger partial charge in [0.15, 0.2) is 0 Å². The van der Waals surface area contributed by atoms with Crippen molar-refractivity contribution in [2.24, 2.45) is 0 Å². The van der Waals surface area contributed by atoms with E-state index in [-0.39, 0.29) is 5.24 Å². The van der Waals surface area contributed by atoms with Gasteiger partial charge < -0.3 is 4.42 Å². The Hall–Kier alpha value is -2.63. The molecule has 1 aromatic heterocycles. The Morgan fingerprint density at radius 1 is 0.920 bits per heavy atom. The number of para-hydroxylation sites is 1. The van der Waals surface area contributed by atoms with E-state index in [9.17, 15) is 4.79 Å². The van der Waals surface area contributed by atoms with Crippen molar-refractivity contribution in [3.8, 4) is 11.3 Å². The zero-order valence-electron chi connectivity index (χ0n) is 13.1. The van der Waals surface area contributed by atoms with E-state index in [1.165, 1.54) is 0 Å². The van der Waals surface area contributed by atoms with E-state index in [0.29, 0.717) is 10.7 Å². The fourth-order valence-electron chi connectivity index (χ4n) is 2.58. The molecule has 0 radical (unpaired) electrons. The highest BCUT2D eigenvalue weighted by Gasteiger charge is 2.33. The van der Waals surface area contributed by atoms with E-state index in [0.717, 1.165) is 33.7 Å². The summed E-state index contributed by atoms with van der Waals surface area (Å²) in [6.07, 6.45) is 1.82. The van der Waals surface area contributed by atoms with E-state index in [4.69, 9.17) is 16.6 Å². The molecule has 1 aliphatic heterocycles. The molecule has 3 aromatic rings. The Labute approximate surface area is 155 Å². The van der Waals surface area contributed by atoms with Crippen LogP contribution in [0.4, 0.5) is 10.5 Å². The summed E-state index contributed by atoms with van der Waals surface area (Å²) >= 11 is 6.62. The van der Waals surface area contributed by atoms with Crippen LogP contribution in [-0.4, -0.2) is 10.2 Å². The van der Waals surface area contributed by atoms with Gasteiger partial charge in [0.1, 0.15) is 16.5 Å². The van der Waals surface area contributed by atoms with Crippen LogP contribution in [0.25, 0.3) is 17.4 Å². The molecule has 0 saturated carbocycles. The van der Waals surface area contributed by atoms with Gasteiger partial charge in [-0.3, -0.25) is 9.69 Å². The van der Waals surface area contributed by atoms with Crippen molar-refractivity contribution in [2.45, 2.75) is 0 Å². The molecule has 2 heterocycles. The summed E-state index contributed by atoms with van der Waals surface area (Å²) in [6, 6.07) is 23.1. The average molecular weight is 363 g/mol. The maximum Gasteiger partial charge on any atom is 0.296 e. The van der Waals surface area contributed by atoms with Crippen molar-refractivity contribution in [3.05, 3.63) is 83.5 Å². The molecule has 5 heteroatoms. The molecule has 25 heavy (non-hydrogen) atoms. The summed E-state index contributed by atoms with van der Waals surface area (Å²) < 4.78 is 5.88. The molecule has 1 fully saturated rings. The highest BCUT2D eigenvalue weighted by molar-refractivity contribution is 8.20. The third-order valence-corrected chi connectivity index (χ3v) is 5.19. The lowest BCUT2D eigenvalue weighted by Gasteiger charge is -2.14. The van der Waals surface area contributed by atoms with Gasteiger partial charge in [0.25, 0.3) is 5.24 Å². The lowest BCUT2D eigenvalue weighted by atomic mass is 10.2. The third kappa shape index (κ3) is 3.16. The monoisotopic (exact) mass is 363 g/mol. The molecule has 1 aliphatic rings. The minimum atomic E-state index is -0.0997. The second kappa shape index (κ2) is 6.70. The van der Waals surface area contributed by atoms with Crippen molar-refractivity contribution in [3.63, 3.8) is 0 Å². The summed E-state index contributed by atoms with van der Waals surface area (Å²) in [6.45, 7) is 0. The number of anilines is 1. The van der Waals surface area contributed by atoms with Crippen molar-refractivity contribution < 1.29 is 9.21 Å². The van der Waals surface area contributed by atoms with Gasteiger partial charge in [0.05, 0.1) is 10.6 Å². The van der Waals surface area contributed by atoms with Crippen molar-refractivity contribution in [1.29, 1.82) is 0 Å². The first-order valence-electron chi connectivity index (χ1n) is 7.70. The van der Waals surface area contributed by atoms with Gasteiger partial charge >= 0.3 is 0 Å². The molecule has 0 bridgehead atoms. The van der Waals surface area contributed by atoms with Gasteiger partial charge in [0, 0.05) is 5.56 Å². The second-order valence-electron chi connectivity index (χ2n) is 5.42. The maximum atomic E-state index is 12.3. The van der Waals surface area contributed by atoms with Crippen LogP contribution in [0.3, 0.4) is 0 Å². The van der Waals surface area contributed by atoms with Crippen molar-refractivity contribution in [2.75, 3.05) is 4.90 Å². The number of thiocarbonyl (C=S) groups is 1. The van der Waals surface area contributed by atoms with E-state index in [1.54, 1.807) is 4.90 Å². The van der Waals surface area contributed by atoms with Gasteiger partial charge in [-0.25, -0.2) is 0 Å². The fourth-order valence-corrected chi connectivity index (χ4v) is 3.84. The normalized spacial score (nSPS) is 16.0. The average Bonchev–Trinajstić information content (AvgIpc) is 3.22. The van der Waals surface area contributed by atoms with Crippen molar-refractivity contribution in [1.82, 2.24) is 0 Å². The molecule has 0 spiro atoms. The first kappa shape index (κ1) is 15.9. The number of amides is 1. The van der Waals surface area contributed by atoms with Crippen LogP contribution in [0, 0.1) is 0 Å². The van der Waals surface area contributed by atoms with E-state index >= 15 is 0 Å². The summed E-state index contributed by atoms with van der Waals surface area (Å²) in [4.78, 5) is 15.1. The second-order valence-corrected chi connectivity index (χ2v) is 6.80. The number of furan rings is 1. The van der Waals surface area contributed by atoms with Crippen LogP contribution >= 0.6 is 24.0 Å². The van der Waals surface area contributed by atoms with Crippen LogP contribution in [-0.2, 0) is 0 Å². The van der Waals surface area contributed by atoms with Crippen LogP contribution in [0.15, 0.2) is 82.1 Å². The maximum absolute atomic E-state index is 12.3. The zero-order chi connectivity index (χ0) is 17.2. The number of hydrogen-bond acceptors (Lipinski definition) is 4. The topological polar surface area (TPSA) is 33.5 Å². The molecule has 122 valence electrons. The Bertz CT molecular complexity index is 962. The summed E-state index contributed by atoms with van der Waals surface area (Å²) in [5.41, 5.74) is 1.79. The van der Waals surface area contributed by atoms with Crippen LogP contribution in [0.2, 0.25) is 0 Å². The Morgan fingerprint density at radius 3 is 2.32 bits per heavy atom. The smallest absolute Gasteiger partial charge is 0.296 e. The largest absolute Gasteiger partial charge is 0.457 e. The van der Waals surface area contributed by atoms with Gasteiger partial charge in [-0.2, -0.15) is 0 Å². The molecule has 0 unspecified atom stereocenters. The van der Waals surface area contributed by atoms with Gasteiger partial charge in [-0.05, 0) is 42.1 Å². The number of thioether (sulfide) groups is 1. The Balaban J connectivity index is 1.62.